The van der Waals surface area contributed by atoms with Gasteiger partial charge in [0.05, 0.1) is 25.6 Å². The summed E-state index contributed by atoms with van der Waals surface area (Å²) in [5.74, 6) is -1.61. The molecule has 3 heterocycles. The number of carbonyl (C=O) groups is 1. The standard InChI is InChI=1S/C32H25FN4O6S.K/c1-3-21-15-24-29(39)36(17-26(38)20-12-13-25(33)27(14-20)42-2)32(41)37(30(24)44-21)16-18-8-10-19(11-9-18)22-6-4-5-7-23(22)28-34-31(40)43-35-28;/h4-15H,3,16-17H2,1-2H3,(H,34,35,40);. The number of nitrogens with zero attached hydrogens (tertiary/aromatic N) is 3. The molecule has 1 N–H and O–H groups in total. The van der Waals surface area contributed by atoms with Crippen molar-refractivity contribution in [1.82, 2.24) is 19.3 Å². The molecule has 0 aliphatic rings. The molecule has 0 bridgehead atoms. The van der Waals surface area contributed by atoms with E-state index in [1.165, 1.54) is 35.1 Å². The number of carbonyl (C=O) groups excluding carboxylic acids is 1. The molecule has 0 fully saturated rings. The first-order chi connectivity index (χ1) is 21.3. The number of nitrogens with one attached hydrogen (secondary N) is 1. The van der Waals surface area contributed by atoms with Crippen molar-refractivity contribution >= 4 is 78.7 Å². The summed E-state index contributed by atoms with van der Waals surface area (Å²) in [4.78, 5) is 55.9. The number of aromatic nitrogens is 4. The van der Waals surface area contributed by atoms with Crippen molar-refractivity contribution in [3.63, 3.8) is 0 Å². The monoisotopic (exact) mass is 651 g/mol. The maximum atomic E-state index is 13.9. The summed E-state index contributed by atoms with van der Waals surface area (Å²) in [6.45, 7) is 1.60. The molecule has 6 rings (SSSR count). The van der Waals surface area contributed by atoms with Crippen LogP contribution in [0, 0.1) is 5.82 Å². The first-order valence-corrected chi connectivity index (χ1v) is 14.5. The van der Waals surface area contributed by atoms with Crippen molar-refractivity contribution in [2.45, 2.75) is 26.4 Å². The molecule has 0 saturated heterocycles. The average molecular weight is 652 g/mol. The van der Waals surface area contributed by atoms with Crippen LogP contribution in [0.25, 0.3) is 32.7 Å². The van der Waals surface area contributed by atoms with E-state index in [-0.39, 0.29) is 69.2 Å². The number of halogens is 1. The summed E-state index contributed by atoms with van der Waals surface area (Å²) >= 11 is 1.37. The number of ether oxygens (including phenoxy) is 1. The quantitative estimate of drug-likeness (QED) is 0.180. The molecule has 45 heavy (non-hydrogen) atoms. The fraction of sp³-hybridized carbons (Fsp3) is 0.156. The Morgan fingerprint density at radius 1 is 1.00 bits per heavy atom. The second-order valence-electron chi connectivity index (χ2n) is 10.0. The van der Waals surface area contributed by atoms with Crippen LogP contribution in [0.1, 0.15) is 27.7 Å². The normalized spacial score (nSPS) is 11.0. The second kappa shape index (κ2) is 13.7. The van der Waals surface area contributed by atoms with Crippen molar-refractivity contribution in [2.24, 2.45) is 0 Å². The number of thiophene rings is 1. The molecule has 3 aromatic heterocycles. The Hall–Kier alpha value is -3.72. The maximum Gasteiger partial charge on any atom is 0.439 e. The Bertz CT molecular complexity index is 2210. The molecule has 13 heteroatoms. The zero-order valence-electron chi connectivity index (χ0n) is 24.6. The Balaban J connectivity index is 0.00000400. The molecule has 0 atom stereocenters. The van der Waals surface area contributed by atoms with Gasteiger partial charge in [-0.25, -0.2) is 14.0 Å². The molecule has 223 valence electrons. The van der Waals surface area contributed by atoms with E-state index < -0.39 is 35.2 Å². The van der Waals surface area contributed by atoms with Crippen LogP contribution in [0.15, 0.2) is 91.7 Å². The molecule has 0 aliphatic heterocycles. The van der Waals surface area contributed by atoms with Gasteiger partial charge in [-0.05, 0) is 47.4 Å². The van der Waals surface area contributed by atoms with Crippen molar-refractivity contribution in [3.8, 4) is 28.3 Å². The van der Waals surface area contributed by atoms with Gasteiger partial charge in [0.15, 0.2) is 23.2 Å². The van der Waals surface area contributed by atoms with E-state index in [0.717, 1.165) is 32.2 Å². The van der Waals surface area contributed by atoms with Crippen LogP contribution in [-0.2, 0) is 19.5 Å². The summed E-state index contributed by atoms with van der Waals surface area (Å²) in [6, 6.07) is 20.3. The number of hydrogen-bond donors (Lipinski definition) is 1. The Morgan fingerprint density at radius 3 is 2.40 bits per heavy atom. The zero-order valence-corrected chi connectivity index (χ0v) is 28.6. The van der Waals surface area contributed by atoms with Crippen LogP contribution in [0.3, 0.4) is 0 Å². The van der Waals surface area contributed by atoms with Gasteiger partial charge in [-0.15, -0.1) is 11.3 Å². The smallest absolute Gasteiger partial charge is 0.439 e. The molecule has 6 aromatic rings. The number of fused-ring (bicyclic) bond motifs is 1. The number of aromatic amines is 1. The van der Waals surface area contributed by atoms with E-state index >= 15 is 0 Å². The summed E-state index contributed by atoms with van der Waals surface area (Å²) < 4.78 is 26.0. The van der Waals surface area contributed by atoms with E-state index in [1.807, 2.05) is 55.5 Å². The van der Waals surface area contributed by atoms with Crippen LogP contribution >= 0.6 is 11.3 Å². The number of hydrogen-bond acceptors (Lipinski definition) is 8. The zero-order chi connectivity index (χ0) is 31.0. The third kappa shape index (κ3) is 6.50. The van der Waals surface area contributed by atoms with Crippen LogP contribution in [0.2, 0.25) is 0 Å². The van der Waals surface area contributed by atoms with Gasteiger partial charge in [0.2, 0.25) is 0 Å². The molecule has 0 spiro atoms. The van der Waals surface area contributed by atoms with Gasteiger partial charge in [0.25, 0.3) is 5.56 Å². The number of Topliss-reactive ketones (excluding diaryl/α,β-unsaturated/α-hetero) is 1. The van der Waals surface area contributed by atoms with Crippen LogP contribution in [-0.4, -0.2) is 83.6 Å². The maximum absolute atomic E-state index is 13.9. The predicted molar refractivity (Wildman–Crippen MR) is 170 cm³/mol. The molecular formula is C32H25FKN4O6S. The van der Waals surface area contributed by atoms with Gasteiger partial charge >= 0.3 is 11.4 Å². The fourth-order valence-corrected chi connectivity index (χ4v) is 6.11. The topological polar surface area (TPSA) is 129 Å². The minimum atomic E-state index is -0.651. The number of methoxy groups -OCH3 is 1. The molecule has 1 radical (unpaired) electrons. The SMILES string of the molecule is CCc1cc2c(=O)n(CC(=O)c3ccc(F)c(OC)c3)c(=O)n(Cc3ccc(-c4ccccc4-c4noc(=O)[nH]4)cc3)c2s1.[K]. The Kier molecular flexibility index (Phi) is 9.96. The second-order valence-corrected chi connectivity index (χ2v) is 11.1. The summed E-state index contributed by atoms with van der Waals surface area (Å²) in [6.07, 6.45) is 0.673. The van der Waals surface area contributed by atoms with E-state index in [9.17, 15) is 23.6 Å². The summed E-state index contributed by atoms with van der Waals surface area (Å²) in [7, 11) is 1.29. The molecule has 0 unspecified atom stereocenters. The summed E-state index contributed by atoms with van der Waals surface area (Å²) in [5, 5.41) is 4.16. The van der Waals surface area contributed by atoms with Crippen molar-refractivity contribution in [2.75, 3.05) is 7.11 Å². The van der Waals surface area contributed by atoms with E-state index in [4.69, 9.17) is 4.74 Å². The molecule has 0 amide bonds. The third-order valence-electron chi connectivity index (χ3n) is 7.30. The van der Waals surface area contributed by atoms with Gasteiger partial charge in [-0.1, -0.05) is 60.6 Å². The minimum absolute atomic E-state index is 0. The van der Waals surface area contributed by atoms with Gasteiger partial charge in [0, 0.05) is 67.4 Å². The fourth-order valence-electron chi connectivity index (χ4n) is 5.03. The molecule has 0 aliphatic carbocycles. The molecule has 0 saturated carbocycles. The first-order valence-electron chi connectivity index (χ1n) is 13.6. The average Bonchev–Trinajstić information content (AvgIpc) is 3.68. The van der Waals surface area contributed by atoms with Gasteiger partial charge < -0.3 is 4.74 Å². The number of rotatable bonds is 9. The number of aryl methyl sites for hydroxylation is 1. The van der Waals surface area contributed by atoms with Gasteiger partial charge in [-0.3, -0.25) is 28.2 Å². The van der Waals surface area contributed by atoms with E-state index in [0.29, 0.717) is 28.0 Å². The first kappa shape index (κ1) is 32.7. The van der Waals surface area contributed by atoms with Gasteiger partial charge in [-0.2, -0.15) is 0 Å². The van der Waals surface area contributed by atoms with Crippen molar-refractivity contribution < 1.29 is 18.4 Å². The van der Waals surface area contributed by atoms with Crippen LogP contribution < -0.4 is 21.7 Å². The van der Waals surface area contributed by atoms with E-state index in [1.54, 1.807) is 6.07 Å². The summed E-state index contributed by atoms with van der Waals surface area (Å²) in [5.41, 5.74) is 2.07. The Labute approximate surface area is 301 Å². The van der Waals surface area contributed by atoms with Crippen LogP contribution in [0.4, 0.5) is 4.39 Å². The van der Waals surface area contributed by atoms with Gasteiger partial charge in [0.1, 0.15) is 4.83 Å². The predicted octanol–water partition coefficient (Wildman–Crippen LogP) is 4.50. The largest absolute Gasteiger partial charge is 0.494 e. The molecule has 3 aromatic carbocycles. The van der Waals surface area contributed by atoms with Crippen molar-refractivity contribution in [3.05, 3.63) is 126 Å². The number of ketones is 1. The number of H-pyrrole nitrogens is 1. The third-order valence-corrected chi connectivity index (χ3v) is 8.60. The Morgan fingerprint density at radius 2 is 1.73 bits per heavy atom. The molecular weight excluding hydrogens is 627 g/mol. The van der Waals surface area contributed by atoms with Crippen molar-refractivity contribution in [1.29, 1.82) is 0 Å². The van der Waals surface area contributed by atoms with E-state index in [2.05, 4.69) is 14.7 Å². The van der Waals surface area contributed by atoms with Crippen LogP contribution in [0.5, 0.6) is 5.75 Å². The minimum Gasteiger partial charge on any atom is -0.494 e. The molecule has 10 nitrogen and oxygen atoms in total. The number of benzene rings is 3.